The lowest BCUT2D eigenvalue weighted by molar-refractivity contribution is -0.138. The van der Waals surface area contributed by atoms with Crippen LogP contribution in [0.15, 0.2) is 69.9 Å². The van der Waals surface area contributed by atoms with Gasteiger partial charge in [0.1, 0.15) is 17.2 Å². The van der Waals surface area contributed by atoms with E-state index in [0.29, 0.717) is 35.4 Å². The minimum atomic E-state index is -4.29. The molecular formula is C32H34ClNO7S. The van der Waals surface area contributed by atoms with Gasteiger partial charge in [0.15, 0.2) is 11.6 Å². The molecular weight excluding hydrogens is 578 g/mol. The number of rotatable bonds is 6. The van der Waals surface area contributed by atoms with Crippen LogP contribution in [0.4, 0.5) is 0 Å². The van der Waals surface area contributed by atoms with Gasteiger partial charge in [-0.3, -0.25) is 14.4 Å². The fourth-order valence-electron chi connectivity index (χ4n) is 6.38. The number of aryl methyl sites for hydroxylation is 1. The normalized spacial score (nSPS) is 20.4. The third-order valence-electron chi connectivity index (χ3n) is 8.11. The molecule has 0 unspecified atom stereocenters. The van der Waals surface area contributed by atoms with Crippen LogP contribution >= 0.6 is 11.6 Å². The van der Waals surface area contributed by atoms with E-state index in [-0.39, 0.29) is 45.6 Å². The van der Waals surface area contributed by atoms with E-state index in [2.05, 4.69) is 0 Å². The summed E-state index contributed by atoms with van der Waals surface area (Å²) in [6.07, 6.45) is 1.18. The zero-order chi connectivity index (χ0) is 30.8. The van der Waals surface area contributed by atoms with E-state index in [4.69, 9.17) is 15.8 Å². The van der Waals surface area contributed by atoms with Gasteiger partial charge in [-0.15, -0.1) is 0 Å². The fourth-order valence-corrected chi connectivity index (χ4v) is 7.51. The molecule has 0 radical (unpaired) electrons. The number of hydrogen-bond acceptors (Lipinski definition) is 7. The number of carbonyl (C=O) groups is 3. The lowest BCUT2D eigenvalue weighted by atomic mass is 9.63. The summed E-state index contributed by atoms with van der Waals surface area (Å²) in [7, 11) is -4.29. The predicted octanol–water partition coefficient (Wildman–Crippen LogP) is 6.19. The monoisotopic (exact) mass is 611 g/mol. The molecule has 0 aromatic heterocycles. The smallest absolute Gasteiger partial charge is 0.339 e. The molecule has 5 rings (SSSR count). The quantitative estimate of drug-likeness (QED) is 0.384. The van der Waals surface area contributed by atoms with Crippen molar-refractivity contribution >= 4 is 39.3 Å². The zero-order valence-electron chi connectivity index (χ0n) is 24.3. The third kappa shape index (κ3) is 5.64. The van der Waals surface area contributed by atoms with Crippen LogP contribution in [0.25, 0.3) is 0 Å². The first-order valence-corrected chi connectivity index (χ1v) is 15.6. The molecule has 10 heteroatoms. The van der Waals surface area contributed by atoms with Crippen LogP contribution in [0.3, 0.4) is 0 Å². The number of halogens is 1. The van der Waals surface area contributed by atoms with Crippen molar-refractivity contribution < 1.29 is 32.1 Å². The third-order valence-corrected chi connectivity index (χ3v) is 9.59. The second-order valence-electron chi connectivity index (χ2n) is 13.0. The number of carboxylic acids is 1. The van der Waals surface area contributed by atoms with Crippen molar-refractivity contribution in [1.82, 2.24) is 4.90 Å². The van der Waals surface area contributed by atoms with Crippen molar-refractivity contribution in [1.29, 1.82) is 0 Å². The Balaban J connectivity index is 1.76. The van der Waals surface area contributed by atoms with Crippen molar-refractivity contribution in [3.8, 4) is 5.75 Å². The highest BCUT2D eigenvalue weighted by Gasteiger charge is 2.50. The Morgan fingerprint density at radius 3 is 1.95 bits per heavy atom. The van der Waals surface area contributed by atoms with Gasteiger partial charge < -0.3 is 14.2 Å². The summed E-state index contributed by atoms with van der Waals surface area (Å²) >= 11 is 6.46. The summed E-state index contributed by atoms with van der Waals surface area (Å²) in [6.45, 7) is 9.23. The van der Waals surface area contributed by atoms with Crippen LogP contribution in [0.2, 0.25) is 5.02 Å². The molecule has 0 saturated carbocycles. The number of hydrogen-bond donors (Lipinski definition) is 1. The summed E-state index contributed by atoms with van der Waals surface area (Å²) in [6, 6.07) is 10.7. The van der Waals surface area contributed by atoms with E-state index < -0.39 is 39.4 Å². The molecule has 2 aliphatic carbocycles. The fraction of sp³-hybridized carbons (Fsp3) is 0.406. The van der Waals surface area contributed by atoms with Gasteiger partial charge in [0.05, 0.1) is 0 Å². The lowest BCUT2D eigenvalue weighted by Crippen LogP contribution is -2.45. The van der Waals surface area contributed by atoms with Gasteiger partial charge in [-0.25, -0.2) is 0 Å². The Bertz CT molecular complexity index is 1630. The van der Waals surface area contributed by atoms with Gasteiger partial charge in [0, 0.05) is 51.9 Å². The summed E-state index contributed by atoms with van der Waals surface area (Å²) in [5.41, 5.74) is 1.92. The number of allylic oxidation sites excluding steroid dienone is 4. The number of benzene rings is 2. The van der Waals surface area contributed by atoms with Gasteiger partial charge in [0.2, 0.25) is 0 Å². The largest absolute Gasteiger partial charge is 0.480 e. The summed E-state index contributed by atoms with van der Waals surface area (Å²) in [4.78, 5) is 41.6. The molecule has 0 amide bonds. The molecule has 2 aromatic rings. The SMILES string of the molecule is Cc1ccc(S(=O)(=O)Oc2ccc(Cl)cc2C2C3=C(CC(C)(C)CC3=O)N(CC(=O)O)C3=C2C(=O)CC(C)(C)C3)cc1. The Labute approximate surface area is 251 Å². The Hall–Kier alpha value is -3.43. The predicted molar refractivity (Wildman–Crippen MR) is 158 cm³/mol. The first-order valence-electron chi connectivity index (χ1n) is 13.8. The van der Waals surface area contributed by atoms with Crippen LogP contribution in [0.5, 0.6) is 5.75 Å². The first-order chi connectivity index (χ1) is 19.5. The minimum Gasteiger partial charge on any atom is -0.480 e. The Morgan fingerprint density at radius 1 is 0.929 bits per heavy atom. The van der Waals surface area contributed by atoms with Crippen LogP contribution in [-0.2, 0) is 24.5 Å². The van der Waals surface area contributed by atoms with E-state index in [1.807, 2.05) is 34.6 Å². The summed E-state index contributed by atoms with van der Waals surface area (Å²) in [5.74, 6) is -2.55. The van der Waals surface area contributed by atoms with Crippen LogP contribution in [-0.4, -0.2) is 42.5 Å². The molecule has 222 valence electrons. The molecule has 3 aliphatic rings. The molecule has 0 spiro atoms. The van der Waals surface area contributed by atoms with E-state index in [1.54, 1.807) is 17.0 Å². The van der Waals surface area contributed by atoms with Crippen LogP contribution in [0, 0.1) is 17.8 Å². The highest BCUT2D eigenvalue weighted by molar-refractivity contribution is 7.87. The van der Waals surface area contributed by atoms with Crippen molar-refractivity contribution in [2.24, 2.45) is 10.8 Å². The number of Topliss-reactive ketones (excluding diaryl/α,β-unsaturated/α-hetero) is 2. The highest BCUT2D eigenvalue weighted by Crippen LogP contribution is 2.55. The standard InChI is InChI=1S/C32H34ClNO7S/c1-18-6-9-20(10-7-18)42(39,40)41-26-11-8-19(33)12-21(26)28-29-22(13-31(2,3)15-24(29)35)34(17-27(37)38)23-14-32(4,5)16-25(36)30(23)28/h6-12,28H,13-17H2,1-5H3,(H,37,38). The molecule has 1 heterocycles. The lowest BCUT2D eigenvalue weighted by Gasteiger charge is -2.48. The minimum absolute atomic E-state index is 0.0453. The number of ketones is 2. The van der Waals surface area contributed by atoms with Gasteiger partial charge in [-0.2, -0.15) is 8.42 Å². The maximum absolute atomic E-state index is 13.9. The molecule has 0 fully saturated rings. The molecule has 0 saturated heterocycles. The summed E-state index contributed by atoms with van der Waals surface area (Å²) in [5, 5.41) is 10.2. The average molecular weight is 612 g/mol. The molecule has 0 atom stereocenters. The molecule has 42 heavy (non-hydrogen) atoms. The van der Waals surface area contributed by atoms with Gasteiger partial charge >= 0.3 is 16.1 Å². The van der Waals surface area contributed by atoms with E-state index in [0.717, 1.165) is 5.56 Å². The van der Waals surface area contributed by atoms with Crippen LogP contribution < -0.4 is 4.18 Å². The maximum atomic E-state index is 13.9. The molecule has 8 nitrogen and oxygen atoms in total. The van der Waals surface area contributed by atoms with Crippen LogP contribution in [0.1, 0.15) is 70.4 Å². The average Bonchev–Trinajstić information content (AvgIpc) is 2.84. The molecule has 1 aliphatic heterocycles. The Morgan fingerprint density at radius 2 is 1.45 bits per heavy atom. The van der Waals surface area contributed by atoms with E-state index in [9.17, 15) is 27.9 Å². The van der Waals surface area contributed by atoms with Gasteiger partial charge in [-0.05, 0) is 60.9 Å². The molecule has 1 N–H and O–H groups in total. The first kappa shape index (κ1) is 30.0. The molecule has 0 bridgehead atoms. The van der Waals surface area contributed by atoms with Crippen molar-refractivity contribution in [2.45, 2.75) is 71.1 Å². The number of carbonyl (C=O) groups excluding carboxylic acids is 2. The second-order valence-corrected chi connectivity index (χ2v) is 15.0. The van der Waals surface area contributed by atoms with E-state index >= 15 is 0 Å². The number of carboxylic acid groups (broad SMARTS) is 1. The van der Waals surface area contributed by atoms with Gasteiger partial charge in [-0.1, -0.05) is 57.0 Å². The number of nitrogens with zero attached hydrogens (tertiary/aromatic N) is 1. The van der Waals surface area contributed by atoms with E-state index in [1.165, 1.54) is 30.3 Å². The highest BCUT2D eigenvalue weighted by atomic mass is 35.5. The topological polar surface area (TPSA) is 118 Å². The van der Waals surface area contributed by atoms with Crippen molar-refractivity contribution in [3.05, 3.63) is 81.2 Å². The Kier molecular flexibility index (Phi) is 7.43. The maximum Gasteiger partial charge on any atom is 0.339 e. The number of aliphatic carboxylic acids is 1. The summed E-state index contributed by atoms with van der Waals surface area (Å²) < 4.78 is 32.5. The van der Waals surface area contributed by atoms with Gasteiger partial charge in [0.25, 0.3) is 0 Å². The van der Waals surface area contributed by atoms with Crippen molar-refractivity contribution in [3.63, 3.8) is 0 Å². The second kappa shape index (κ2) is 10.4. The van der Waals surface area contributed by atoms with Crippen molar-refractivity contribution in [2.75, 3.05) is 6.54 Å². The zero-order valence-corrected chi connectivity index (χ0v) is 25.9. The molecule has 2 aromatic carbocycles.